The van der Waals surface area contributed by atoms with E-state index in [0.717, 1.165) is 12.1 Å². The topological polar surface area (TPSA) is 57.9 Å². The van der Waals surface area contributed by atoms with Gasteiger partial charge in [-0.15, -0.1) is 0 Å². The van der Waals surface area contributed by atoms with E-state index in [-0.39, 0.29) is 11.8 Å². The van der Waals surface area contributed by atoms with Crippen LogP contribution in [0.5, 0.6) is 0 Å². The summed E-state index contributed by atoms with van der Waals surface area (Å²) in [5.41, 5.74) is 2.19. The number of benzene rings is 1. The molecule has 2 aromatic heterocycles. The van der Waals surface area contributed by atoms with Crippen molar-refractivity contribution in [3.8, 4) is 0 Å². The fourth-order valence-corrected chi connectivity index (χ4v) is 3.88. The Morgan fingerprint density at radius 3 is 2.76 bits per heavy atom. The molecule has 1 atom stereocenters. The highest BCUT2D eigenvalue weighted by molar-refractivity contribution is 6.31. The first-order valence-corrected chi connectivity index (χ1v) is 9.88. The second kappa shape index (κ2) is 8.09. The molecule has 0 spiro atoms. The van der Waals surface area contributed by atoms with Crippen LogP contribution in [-0.2, 0) is 9.59 Å². The number of likely N-dealkylation sites (N-methyl/N-ethyl adjacent to an activating group) is 1. The summed E-state index contributed by atoms with van der Waals surface area (Å²) in [6, 6.07) is 14.7. The van der Waals surface area contributed by atoms with Crippen molar-refractivity contribution in [2.45, 2.75) is 18.9 Å². The molecule has 148 valence electrons. The van der Waals surface area contributed by atoms with Gasteiger partial charge in [0.05, 0.1) is 5.69 Å². The molecule has 1 unspecified atom stereocenters. The summed E-state index contributed by atoms with van der Waals surface area (Å²) in [4.78, 5) is 33.3. The number of anilines is 1. The number of aromatic nitrogens is 2. The lowest BCUT2D eigenvalue weighted by Crippen LogP contribution is -2.52. The van der Waals surface area contributed by atoms with Gasteiger partial charge in [-0.2, -0.15) is 0 Å². The summed E-state index contributed by atoms with van der Waals surface area (Å²) in [5, 5.41) is 0.326. The number of amides is 2. The van der Waals surface area contributed by atoms with Gasteiger partial charge in [0.25, 0.3) is 0 Å². The number of nitrogens with zero attached hydrogens (tertiary/aromatic N) is 4. The van der Waals surface area contributed by atoms with Crippen molar-refractivity contribution in [3.05, 3.63) is 71.7 Å². The lowest BCUT2D eigenvalue weighted by atomic mass is 10.0. The monoisotopic (exact) mass is 408 g/mol. The first-order chi connectivity index (χ1) is 14.1. The number of carbonyl (C=O) groups is 2. The van der Waals surface area contributed by atoms with Crippen LogP contribution in [-0.4, -0.2) is 45.7 Å². The molecule has 1 fully saturated rings. The second-order valence-corrected chi connectivity index (χ2v) is 7.34. The number of carbonyl (C=O) groups excluding carboxylic acids is 2. The van der Waals surface area contributed by atoms with Gasteiger partial charge in [0, 0.05) is 31.6 Å². The molecule has 6 nitrogen and oxygen atoms in total. The molecule has 2 amide bonds. The maximum atomic E-state index is 13.0. The van der Waals surface area contributed by atoms with E-state index in [9.17, 15) is 9.59 Å². The first-order valence-electron chi connectivity index (χ1n) is 9.50. The molecule has 1 aromatic carbocycles. The molecular formula is C22H21ClN4O2. The summed E-state index contributed by atoms with van der Waals surface area (Å²) in [6.45, 7) is 0.661. The van der Waals surface area contributed by atoms with Crippen molar-refractivity contribution in [1.29, 1.82) is 0 Å². The quantitative estimate of drug-likeness (QED) is 0.619. The normalized spacial score (nSPS) is 17.2. The summed E-state index contributed by atoms with van der Waals surface area (Å²) in [5.74, 6) is -0.306. The van der Waals surface area contributed by atoms with Crippen LogP contribution in [0.2, 0.25) is 5.15 Å². The highest BCUT2D eigenvalue weighted by Crippen LogP contribution is 2.24. The zero-order valence-corrected chi connectivity index (χ0v) is 16.8. The van der Waals surface area contributed by atoms with Gasteiger partial charge in [-0.3, -0.25) is 14.0 Å². The molecule has 1 aliphatic heterocycles. The minimum atomic E-state index is -0.487. The van der Waals surface area contributed by atoms with Crippen molar-refractivity contribution in [2.24, 2.45) is 0 Å². The van der Waals surface area contributed by atoms with Crippen molar-refractivity contribution >= 4 is 40.8 Å². The molecule has 7 heteroatoms. The van der Waals surface area contributed by atoms with Gasteiger partial charge >= 0.3 is 0 Å². The van der Waals surface area contributed by atoms with E-state index in [1.807, 2.05) is 59.1 Å². The largest absolute Gasteiger partial charge is 0.330 e. The van der Waals surface area contributed by atoms with Crippen molar-refractivity contribution < 1.29 is 9.59 Å². The summed E-state index contributed by atoms with van der Waals surface area (Å²) in [7, 11) is 1.67. The number of imidazole rings is 1. The van der Waals surface area contributed by atoms with Gasteiger partial charge in [0.1, 0.15) is 11.7 Å². The highest BCUT2D eigenvalue weighted by atomic mass is 35.5. The average Bonchev–Trinajstić information content (AvgIpc) is 3.07. The van der Waals surface area contributed by atoms with Crippen LogP contribution in [0.4, 0.5) is 5.69 Å². The number of para-hydroxylation sites is 1. The van der Waals surface area contributed by atoms with Gasteiger partial charge in [0.2, 0.25) is 11.8 Å². The SMILES string of the molecule is CN(C(=O)/C=C/c1c(Cl)nc2ccccn12)C1CCCN(c2ccccc2)C1=O. The maximum Gasteiger partial charge on any atom is 0.249 e. The summed E-state index contributed by atoms with van der Waals surface area (Å²) < 4.78 is 1.81. The van der Waals surface area contributed by atoms with Crippen LogP contribution in [0.1, 0.15) is 18.5 Å². The van der Waals surface area contributed by atoms with Gasteiger partial charge in [0.15, 0.2) is 5.15 Å². The van der Waals surface area contributed by atoms with E-state index < -0.39 is 6.04 Å². The smallest absolute Gasteiger partial charge is 0.249 e. The molecule has 0 aliphatic carbocycles. The Hall–Kier alpha value is -3.12. The standard InChI is InChI=1S/C22H21ClN4O2/c1-25(18-10-7-15-26(22(18)29)16-8-3-2-4-9-16)20(28)13-12-17-21(23)24-19-11-5-6-14-27(17)19/h2-6,8-9,11-14,18H,7,10,15H2,1H3/b13-12+. The van der Waals surface area contributed by atoms with Crippen LogP contribution >= 0.6 is 11.6 Å². The Labute approximate surface area is 174 Å². The minimum absolute atomic E-state index is 0.0560. The predicted molar refractivity (Wildman–Crippen MR) is 114 cm³/mol. The minimum Gasteiger partial charge on any atom is -0.330 e. The van der Waals surface area contributed by atoms with E-state index in [1.165, 1.54) is 11.0 Å². The zero-order valence-electron chi connectivity index (χ0n) is 16.0. The van der Waals surface area contributed by atoms with Gasteiger partial charge in [-0.1, -0.05) is 35.9 Å². The number of hydrogen-bond acceptors (Lipinski definition) is 3. The van der Waals surface area contributed by atoms with Crippen LogP contribution in [0.15, 0.2) is 60.8 Å². The molecule has 0 radical (unpaired) electrons. The molecule has 0 bridgehead atoms. The van der Waals surface area contributed by atoms with Crippen molar-refractivity contribution in [3.63, 3.8) is 0 Å². The third-order valence-electron chi connectivity index (χ3n) is 5.20. The van der Waals surface area contributed by atoms with Gasteiger partial charge in [-0.25, -0.2) is 4.98 Å². The molecule has 4 rings (SSSR count). The predicted octanol–water partition coefficient (Wildman–Crippen LogP) is 3.65. The number of hydrogen-bond donors (Lipinski definition) is 0. The van der Waals surface area contributed by atoms with E-state index >= 15 is 0 Å². The molecule has 1 aliphatic rings. The molecule has 3 aromatic rings. The Kier molecular flexibility index (Phi) is 5.36. The molecule has 0 saturated carbocycles. The highest BCUT2D eigenvalue weighted by Gasteiger charge is 2.33. The maximum absolute atomic E-state index is 13.0. The Balaban J connectivity index is 1.52. The number of fused-ring (bicyclic) bond motifs is 1. The first kappa shape index (κ1) is 19.2. The average molecular weight is 409 g/mol. The number of halogens is 1. The number of pyridine rings is 1. The Bertz CT molecular complexity index is 1080. The van der Waals surface area contributed by atoms with Crippen LogP contribution in [0, 0.1) is 0 Å². The van der Waals surface area contributed by atoms with Crippen LogP contribution < -0.4 is 4.90 Å². The van der Waals surface area contributed by atoms with Crippen molar-refractivity contribution in [1.82, 2.24) is 14.3 Å². The van der Waals surface area contributed by atoms with E-state index in [0.29, 0.717) is 29.5 Å². The second-order valence-electron chi connectivity index (χ2n) is 6.98. The van der Waals surface area contributed by atoms with E-state index in [1.54, 1.807) is 18.0 Å². The van der Waals surface area contributed by atoms with E-state index in [2.05, 4.69) is 4.98 Å². The number of rotatable bonds is 4. The summed E-state index contributed by atoms with van der Waals surface area (Å²) >= 11 is 6.22. The molecule has 29 heavy (non-hydrogen) atoms. The van der Waals surface area contributed by atoms with E-state index in [4.69, 9.17) is 11.6 Å². The van der Waals surface area contributed by atoms with Crippen LogP contribution in [0.25, 0.3) is 11.7 Å². The molecule has 3 heterocycles. The Morgan fingerprint density at radius 1 is 1.21 bits per heavy atom. The lowest BCUT2D eigenvalue weighted by Gasteiger charge is -2.36. The van der Waals surface area contributed by atoms with Gasteiger partial charge in [-0.05, 0) is 43.2 Å². The zero-order chi connectivity index (χ0) is 20.4. The molecular weight excluding hydrogens is 388 g/mol. The number of piperidine rings is 1. The third kappa shape index (κ3) is 3.76. The summed E-state index contributed by atoms with van der Waals surface area (Å²) in [6.07, 6.45) is 6.41. The fraction of sp³-hybridized carbons (Fsp3) is 0.227. The van der Waals surface area contributed by atoms with Crippen molar-refractivity contribution in [2.75, 3.05) is 18.5 Å². The fourth-order valence-electron chi connectivity index (χ4n) is 3.64. The Morgan fingerprint density at radius 2 is 1.97 bits per heavy atom. The molecule has 1 saturated heterocycles. The van der Waals surface area contributed by atoms with Crippen LogP contribution in [0.3, 0.4) is 0 Å². The third-order valence-corrected chi connectivity index (χ3v) is 5.48. The molecule has 0 N–H and O–H groups in total. The lowest BCUT2D eigenvalue weighted by molar-refractivity contribution is -0.135. The van der Waals surface area contributed by atoms with Gasteiger partial charge < -0.3 is 9.80 Å².